The largest absolute Gasteiger partial charge is 0.461 e. The SMILES string of the molecule is CCCCC(C/C=C\COC(=O)CCCCCCCCCC(CCCCCCCCCC(=O)OC/C=C\CC(CCCC)CCCC)OC/C=C/N(C)C)CCCC. The van der Waals surface area contributed by atoms with Crippen molar-refractivity contribution >= 4 is 11.9 Å². The van der Waals surface area contributed by atoms with Crippen LogP contribution in [0, 0.1) is 11.8 Å². The summed E-state index contributed by atoms with van der Waals surface area (Å²) in [6.07, 6.45) is 50.6. The second-order valence-electron chi connectivity index (χ2n) is 17.4. The lowest BCUT2D eigenvalue weighted by molar-refractivity contribution is -0.143. The highest BCUT2D eigenvalue weighted by Gasteiger charge is 2.10. The molecule has 0 aliphatic heterocycles. The van der Waals surface area contributed by atoms with Gasteiger partial charge in [-0.25, -0.2) is 0 Å². The quantitative estimate of drug-likeness (QED) is 0.0347. The zero-order chi connectivity index (χ0) is 42.6. The molecule has 0 aromatic carbocycles. The van der Waals surface area contributed by atoms with Crippen LogP contribution in [0.2, 0.25) is 0 Å². The second-order valence-corrected chi connectivity index (χ2v) is 17.4. The first-order valence-corrected chi connectivity index (χ1v) is 24.9. The van der Waals surface area contributed by atoms with E-state index in [9.17, 15) is 9.59 Å². The molecule has 0 radical (unpaired) electrons. The minimum atomic E-state index is -0.0543. The van der Waals surface area contributed by atoms with Gasteiger partial charge in [0.05, 0.1) is 12.7 Å². The minimum Gasteiger partial charge on any atom is -0.461 e. The Labute approximate surface area is 361 Å². The summed E-state index contributed by atoms with van der Waals surface area (Å²) in [6.45, 7) is 10.6. The third-order valence-corrected chi connectivity index (χ3v) is 11.5. The molecule has 0 heterocycles. The van der Waals surface area contributed by atoms with Crippen LogP contribution < -0.4 is 0 Å². The van der Waals surface area contributed by atoms with Gasteiger partial charge < -0.3 is 19.1 Å². The van der Waals surface area contributed by atoms with E-state index in [1.54, 1.807) is 0 Å². The molecule has 0 saturated heterocycles. The Bertz CT molecular complexity index is 893. The van der Waals surface area contributed by atoms with Crippen molar-refractivity contribution in [3.8, 4) is 0 Å². The summed E-state index contributed by atoms with van der Waals surface area (Å²) < 4.78 is 17.2. The van der Waals surface area contributed by atoms with Crippen molar-refractivity contribution in [2.75, 3.05) is 33.9 Å². The van der Waals surface area contributed by atoms with Crippen molar-refractivity contribution < 1.29 is 23.8 Å². The minimum absolute atomic E-state index is 0.0543. The van der Waals surface area contributed by atoms with Gasteiger partial charge in [-0.3, -0.25) is 9.59 Å². The molecule has 0 aromatic heterocycles. The highest BCUT2D eigenvalue weighted by molar-refractivity contribution is 5.69. The van der Waals surface area contributed by atoms with E-state index < -0.39 is 0 Å². The van der Waals surface area contributed by atoms with E-state index in [4.69, 9.17) is 14.2 Å². The number of unbranched alkanes of at least 4 members (excludes halogenated alkanes) is 16. The summed E-state index contributed by atoms with van der Waals surface area (Å²) >= 11 is 0. The Morgan fingerprint density at radius 2 is 0.793 bits per heavy atom. The summed E-state index contributed by atoms with van der Waals surface area (Å²) in [6, 6.07) is 0. The second kappa shape index (κ2) is 44.5. The third-order valence-electron chi connectivity index (χ3n) is 11.5. The maximum atomic E-state index is 12.2. The Kier molecular flexibility index (Phi) is 42.9. The van der Waals surface area contributed by atoms with Crippen molar-refractivity contribution in [3.05, 3.63) is 36.6 Å². The first-order chi connectivity index (χ1) is 28.4. The Balaban J connectivity index is 4.04. The lowest BCUT2D eigenvalue weighted by atomic mass is 9.93. The van der Waals surface area contributed by atoms with Crippen LogP contribution in [-0.2, 0) is 23.8 Å². The van der Waals surface area contributed by atoms with Crippen molar-refractivity contribution in [3.63, 3.8) is 0 Å². The van der Waals surface area contributed by atoms with Crippen LogP contribution in [0.1, 0.15) is 233 Å². The zero-order valence-electron chi connectivity index (χ0n) is 39.4. The topological polar surface area (TPSA) is 65.1 Å². The lowest BCUT2D eigenvalue weighted by Gasteiger charge is -2.17. The molecule has 0 atom stereocenters. The average molecular weight is 816 g/mol. The van der Waals surface area contributed by atoms with Gasteiger partial charge in [0.15, 0.2) is 0 Å². The van der Waals surface area contributed by atoms with Gasteiger partial charge in [0.25, 0.3) is 0 Å². The standard InChI is InChI=1S/C52H97NO5/c1-7-11-34-48(35-12-8-2)38-29-31-45-57-51(54)42-27-23-19-15-17-21-25-40-50(56-47-33-44-53(5)6)41-26-22-18-16-20-24-28-43-52(55)58-46-32-30-39-49(36-13-9-3)37-14-10-4/h29-33,44,48-50H,7-28,34-43,45-47H2,1-6H3/b31-29-,32-30-,44-33+. The highest BCUT2D eigenvalue weighted by atomic mass is 16.5. The van der Waals surface area contributed by atoms with Crippen molar-refractivity contribution in [1.29, 1.82) is 0 Å². The highest BCUT2D eigenvalue weighted by Crippen LogP contribution is 2.22. The molecule has 0 saturated carbocycles. The van der Waals surface area contributed by atoms with Gasteiger partial charge in [0.2, 0.25) is 0 Å². The zero-order valence-corrected chi connectivity index (χ0v) is 39.4. The Morgan fingerprint density at radius 1 is 0.431 bits per heavy atom. The summed E-state index contributed by atoms with van der Waals surface area (Å²) in [5.41, 5.74) is 0. The van der Waals surface area contributed by atoms with Gasteiger partial charge in [-0.15, -0.1) is 0 Å². The molecule has 0 fully saturated rings. The van der Waals surface area contributed by atoms with E-state index in [1.165, 1.54) is 141 Å². The van der Waals surface area contributed by atoms with E-state index in [0.717, 1.165) is 63.2 Å². The first kappa shape index (κ1) is 55.9. The van der Waals surface area contributed by atoms with Crippen molar-refractivity contribution in [2.45, 2.75) is 239 Å². The molecular formula is C52H97NO5. The summed E-state index contributed by atoms with van der Waals surface area (Å²) in [5, 5.41) is 0. The molecule has 0 aliphatic rings. The van der Waals surface area contributed by atoms with E-state index in [0.29, 0.717) is 38.8 Å². The van der Waals surface area contributed by atoms with E-state index in [-0.39, 0.29) is 11.9 Å². The summed E-state index contributed by atoms with van der Waals surface area (Å²) in [5.74, 6) is 1.44. The molecule has 0 rings (SSSR count). The fourth-order valence-electron chi connectivity index (χ4n) is 7.68. The normalized spacial score (nSPS) is 12.1. The van der Waals surface area contributed by atoms with Crippen LogP contribution in [0.15, 0.2) is 36.6 Å². The number of carbonyl (C=O) groups is 2. The van der Waals surface area contributed by atoms with Crippen molar-refractivity contribution in [2.24, 2.45) is 11.8 Å². The molecule has 0 bridgehead atoms. The third kappa shape index (κ3) is 40.7. The summed E-state index contributed by atoms with van der Waals surface area (Å²) in [4.78, 5) is 26.4. The number of hydrogen-bond donors (Lipinski definition) is 0. The fraction of sp³-hybridized carbons (Fsp3) is 0.846. The maximum absolute atomic E-state index is 12.2. The number of esters is 2. The molecule has 0 aromatic rings. The van der Waals surface area contributed by atoms with Gasteiger partial charge in [-0.05, 0) is 62.6 Å². The molecule has 58 heavy (non-hydrogen) atoms. The smallest absolute Gasteiger partial charge is 0.306 e. The molecule has 6 nitrogen and oxygen atoms in total. The summed E-state index contributed by atoms with van der Waals surface area (Å²) in [7, 11) is 4.09. The molecule has 6 heteroatoms. The molecule has 0 amide bonds. The van der Waals surface area contributed by atoms with Crippen LogP contribution >= 0.6 is 0 Å². The molecule has 0 aliphatic carbocycles. The number of allylic oxidation sites excluding steroid dienone is 2. The number of hydrogen-bond acceptors (Lipinski definition) is 6. The molecule has 0 N–H and O–H groups in total. The predicted octanol–water partition coefficient (Wildman–Crippen LogP) is 15.4. The van der Waals surface area contributed by atoms with E-state index in [1.807, 2.05) is 26.2 Å². The van der Waals surface area contributed by atoms with Crippen LogP contribution in [-0.4, -0.2) is 56.9 Å². The van der Waals surface area contributed by atoms with Gasteiger partial charge in [-0.2, -0.15) is 0 Å². The van der Waals surface area contributed by atoms with Gasteiger partial charge in [0.1, 0.15) is 13.2 Å². The van der Waals surface area contributed by atoms with Crippen LogP contribution in [0.5, 0.6) is 0 Å². The van der Waals surface area contributed by atoms with Crippen molar-refractivity contribution in [1.82, 2.24) is 4.90 Å². The fourth-order valence-corrected chi connectivity index (χ4v) is 7.68. The number of nitrogens with zero attached hydrogens (tertiary/aromatic N) is 1. The maximum Gasteiger partial charge on any atom is 0.306 e. The Hall–Kier alpha value is -2.08. The van der Waals surface area contributed by atoms with E-state index >= 15 is 0 Å². The average Bonchev–Trinajstić information content (AvgIpc) is 3.21. The van der Waals surface area contributed by atoms with E-state index in [2.05, 4.69) is 57.0 Å². The number of carbonyl (C=O) groups excluding carboxylic acids is 2. The van der Waals surface area contributed by atoms with Crippen LogP contribution in [0.3, 0.4) is 0 Å². The Morgan fingerprint density at radius 3 is 1.16 bits per heavy atom. The first-order valence-electron chi connectivity index (χ1n) is 24.9. The monoisotopic (exact) mass is 816 g/mol. The predicted molar refractivity (Wildman–Crippen MR) is 250 cm³/mol. The van der Waals surface area contributed by atoms with Gasteiger partial charge >= 0.3 is 11.9 Å². The number of ether oxygens (including phenoxy) is 3. The lowest BCUT2D eigenvalue weighted by Crippen LogP contribution is -2.13. The van der Waals surface area contributed by atoms with Crippen LogP contribution in [0.4, 0.5) is 0 Å². The van der Waals surface area contributed by atoms with Crippen LogP contribution in [0.25, 0.3) is 0 Å². The number of rotatable bonds is 44. The van der Waals surface area contributed by atoms with Gasteiger partial charge in [0, 0.05) is 26.9 Å². The molecule has 0 spiro atoms. The van der Waals surface area contributed by atoms with Gasteiger partial charge in [-0.1, -0.05) is 206 Å². The molecule has 340 valence electrons. The molecule has 0 unspecified atom stereocenters. The molecular weight excluding hydrogens is 719 g/mol.